The quantitative estimate of drug-likeness (QED) is 0.705. The highest BCUT2D eigenvalue weighted by Gasteiger charge is 2.28. The molecule has 1 saturated heterocycles. The molecule has 136 valence electrons. The molecule has 2 heterocycles. The van der Waals surface area contributed by atoms with E-state index in [1.165, 1.54) is 12.0 Å². The second-order valence-electron chi connectivity index (χ2n) is 6.55. The molecule has 0 saturated carbocycles. The molecule has 0 N–H and O–H groups in total. The van der Waals surface area contributed by atoms with Gasteiger partial charge in [0.1, 0.15) is 11.5 Å². The third kappa shape index (κ3) is 4.34. The molecule has 1 atom stereocenters. The lowest BCUT2D eigenvalue weighted by Crippen LogP contribution is -2.23. The Labute approximate surface area is 149 Å². The van der Waals surface area contributed by atoms with Crippen LogP contribution in [0.3, 0.4) is 0 Å². The maximum atomic E-state index is 5.80. The minimum absolute atomic E-state index is 0.337. The average molecular weight is 344 g/mol. The molecule has 5 heteroatoms. The first-order valence-electron chi connectivity index (χ1n) is 9.27. The highest BCUT2D eigenvalue weighted by atomic mass is 16.5. The number of rotatable bonds is 8. The van der Waals surface area contributed by atoms with E-state index >= 15 is 0 Å². The molecule has 0 amide bonds. The normalized spacial score (nSPS) is 17.8. The van der Waals surface area contributed by atoms with Crippen molar-refractivity contribution < 1.29 is 14.0 Å². The summed E-state index contributed by atoms with van der Waals surface area (Å²) in [6.07, 6.45) is 3.30. The molecule has 0 radical (unpaired) electrons. The number of hydrogen-bond donors (Lipinski definition) is 0. The maximum absolute atomic E-state index is 5.80. The van der Waals surface area contributed by atoms with Crippen molar-refractivity contribution in [2.24, 2.45) is 0 Å². The summed E-state index contributed by atoms with van der Waals surface area (Å²) in [5.41, 5.74) is 2.28. The number of nitrogens with zero attached hydrogens (tertiary/aromatic N) is 2. The fourth-order valence-electron chi connectivity index (χ4n) is 3.38. The number of aromatic nitrogens is 1. The Bertz CT molecular complexity index is 683. The van der Waals surface area contributed by atoms with Gasteiger partial charge in [-0.3, -0.25) is 4.90 Å². The van der Waals surface area contributed by atoms with Gasteiger partial charge in [0.25, 0.3) is 0 Å². The highest BCUT2D eigenvalue weighted by Crippen LogP contribution is 2.34. The van der Waals surface area contributed by atoms with Crippen LogP contribution in [0.1, 0.15) is 56.2 Å². The standard InChI is InChI=1S/C20H28N2O3/c1-4-11-24-19-9-8-16(13-20(19)23-5-2)14-22-10-6-7-18(22)17-12-15(3)25-21-17/h8-9,12-13,18H,4-7,10-11,14H2,1-3H3. The van der Waals surface area contributed by atoms with Crippen molar-refractivity contribution in [1.29, 1.82) is 0 Å². The zero-order valence-electron chi connectivity index (χ0n) is 15.5. The van der Waals surface area contributed by atoms with Crippen LogP contribution >= 0.6 is 0 Å². The predicted octanol–water partition coefficient (Wildman–Crippen LogP) is 4.51. The van der Waals surface area contributed by atoms with E-state index in [1.807, 2.05) is 19.9 Å². The molecule has 0 aliphatic carbocycles. The second kappa shape index (κ2) is 8.39. The Morgan fingerprint density at radius 2 is 2.08 bits per heavy atom. The molecule has 2 aromatic rings. The van der Waals surface area contributed by atoms with Crippen molar-refractivity contribution in [3.8, 4) is 11.5 Å². The van der Waals surface area contributed by atoms with Crippen LogP contribution in [0.15, 0.2) is 28.8 Å². The van der Waals surface area contributed by atoms with Crippen molar-refractivity contribution in [3.05, 3.63) is 41.3 Å². The van der Waals surface area contributed by atoms with E-state index in [0.29, 0.717) is 19.3 Å². The summed E-state index contributed by atoms with van der Waals surface area (Å²) < 4.78 is 16.8. The van der Waals surface area contributed by atoms with Gasteiger partial charge in [0.2, 0.25) is 0 Å². The van der Waals surface area contributed by atoms with E-state index in [4.69, 9.17) is 14.0 Å². The minimum atomic E-state index is 0.337. The van der Waals surface area contributed by atoms with Gasteiger partial charge in [-0.25, -0.2) is 0 Å². The van der Waals surface area contributed by atoms with Gasteiger partial charge in [0.05, 0.1) is 19.3 Å². The zero-order valence-corrected chi connectivity index (χ0v) is 15.5. The number of likely N-dealkylation sites (tertiary alicyclic amines) is 1. The molecule has 3 rings (SSSR count). The van der Waals surface area contributed by atoms with Crippen molar-refractivity contribution in [3.63, 3.8) is 0 Å². The van der Waals surface area contributed by atoms with E-state index in [9.17, 15) is 0 Å². The number of benzene rings is 1. The van der Waals surface area contributed by atoms with Crippen LogP contribution in [0, 0.1) is 6.92 Å². The van der Waals surface area contributed by atoms with Gasteiger partial charge < -0.3 is 14.0 Å². The fourth-order valence-corrected chi connectivity index (χ4v) is 3.38. The molecule has 0 spiro atoms. The van der Waals surface area contributed by atoms with Gasteiger partial charge in [0, 0.05) is 12.6 Å². The third-order valence-electron chi connectivity index (χ3n) is 4.51. The van der Waals surface area contributed by atoms with Crippen molar-refractivity contribution >= 4 is 0 Å². The monoisotopic (exact) mass is 344 g/mol. The molecule has 1 aliphatic rings. The first-order chi connectivity index (χ1) is 12.2. The largest absolute Gasteiger partial charge is 0.490 e. The van der Waals surface area contributed by atoms with Crippen molar-refractivity contribution in [1.82, 2.24) is 10.1 Å². The van der Waals surface area contributed by atoms with Crippen molar-refractivity contribution in [2.75, 3.05) is 19.8 Å². The molecule has 1 aromatic heterocycles. The van der Waals surface area contributed by atoms with E-state index in [-0.39, 0.29) is 0 Å². The average Bonchev–Trinajstić information content (AvgIpc) is 3.23. The molecule has 0 bridgehead atoms. The smallest absolute Gasteiger partial charge is 0.161 e. The molecular formula is C20H28N2O3. The lowest BCUT2D eigenvalue weighted by Gasteiger charge is -2.23. The van der Waals surface area contributed by atoms with Gasteiger partial charge in [-0.05, 0) is 57.4 Å². The Kier molecular flexibility index (Phi) is 5.97. The molecule has 5 nitrogen and oxygen atoms in total. The fraction of sp³-hybridized carbons (Fsp3) is 0.550. The summed E-state index contributed by atoms with van der Waals surface area (Å²) in [5.74, 6) is 2.54. The van der Waals surface area contributed by atoms with Crippen LogP contribution < -0.4 is 9.47 Å². The molecule has 1 fully saturated rings. The van der Waals surface area contributed by atoms with E-state index < -0.39 is 0 Å². The predicted molar refractivity (Wildman–Crippen MR) is 97.0 cm³/mol. The van der Waals surface area contributed by atoms with E-state index in [0.717, 1.165) is 48.9 Å². The van der Waals surface area contributed by atoms with Crippen molar-refractivity contribution in [2.45, 2.75) is 52.6 Å². The molecule has 25 heavy (non-hydrogen) atoms. The SMILES string of the molecule is CCCOc1ccc(CN2CCCC2c2cc(C)on2)cc1OCC. The van der Waals surface area contributed by atoms with E-state index in [1.54, 1.807) is 0 Å². The number of aryl methyl sites for hydroxylation is 1. The van der Waals surface area contributed by atoms with Crippen LogP contribution in [0.2, 0.25) is 0 Å². The summed E-state index contributed by atoms with van der Waals surface area (Å²) in [5, 5.41) is 4.22. The van der Waals surface area contributed by atoms with Crippen LogP contribution in [-0.4, -0.2) is 29.8 Å². The van der Waals surface area contributed by atoms with Crippen LogP contribution in [0.25, 0.3) is 0 Å². The number of hydrogen-bond acceptors (Lipinski definition) is 5. The first-order valence-corrected chi connectivity index (χ1v) is 9.27. The maximum Gasteiger partial charge on any atom is 0.161 e. The van der Waals surface area contributed by atoms with Gasteiger partial charge in [-0.1, -0.05) is 18.1 Å². The van der Waals surface area contributed by atoms with Crippen LogP contribution in [-0.2, 0) is 6.54 Å². The second-order valence-corrected chi connectivity index (χ2v) is 6.55. The van der Waals surface area contributed by atoms with Gasteiger partial charge in [-0.2, -0.15) is 0 Å². The topological polar surface area (TPSA) is 47.7 Å². The Balaban J connectivity index is 1.73. The molecule has 1 unspecified atom stereocenters. The summed E-state index contributed by atoms with van der Waals surface area (Å²) in [6.45, 7) is 9.35. The lowest BCUT2D eigenvalue weighted by atomic mass is 10.1. The lowest BCUT2D eigenvalue weighted by molar-refractivity contribution is 0.235. The highest BCUT2D eigenvalue weighted by molar-refractivity contribution is 5.43. The van der Waals surface area contributed by atoms with Crippen LogP contribution in [0.5, 0.6) is 11.5 Å². The van der Waals surface area contributed by atoms with Gasteiger partial charge in [-0.15, -0.1) is 0 Å². The summed E-state index contributed by atoms with van der Waals surface area (Å²) in [7, 11) is 0. The van der Waals surface area contributed by atoms with Crippen LogP contribution in [0.4, 0.5) is 0 Å². The summed E-state index contributed by atoms with van der Waals surface area (Å²) in [4.78, 5) is 2.47. The molecule has 1 aromatic carbocycles. The molecular weight excluding hydrogens is 316 g/mol. The number of ether oxygens (including phenoxy) is 2. The Morgan fingerprint density at radius 1 is 1.20 bits per heavy atom. The van der Waals surface area contributed by atoms with Gasteiger partial charge >= 0.3 is 0 Å². The minimum Gasteiger partial charge on any atom is -0.490 e. The Hall–Kier alpha value is -2.01. The van der Waals surface area contributed by atoms with E-state index in [2.05, 4.69) is 35.2 Å². The summed E-state index contributed by atoms with van der Waals surface area (Å²) >= 11 is 0. The first kappa shape index (κ1) is 17.8. The summed E-state index contributed by atoms with van der Waals surface area (Å²) in [6, 6.07) is 8.66. The third-order valence-corrected chi connectivity index (χ3v) is 4.51. The molecule has 1 aliphatic heterocycles. The zero-order chi connectivity index (χ0) is 17.6. The van der Waals surface area contributed by atoms with Gasteiger partial charge in [0.15, 0.2) is 11.5 Å². The Morgan fingerprint density at radius 3 is 2.80 bits per heavy atom.